The molecule has 130 valence electrons. The Kier molecular flexibility index (Phi) is 17.4. The van der Waals surface area contributed by atoms with Gasteiger partial charge >= 0.3 is 0 Å². The molecule has 0 amide bonds. The Labute approximate surface area is 144 Å². The van der Waals surface area contributed by atoms with Crippen molar-refractivity contribution in [2.24, 2.45) is 0 Å². The summed E-state index contributed by atoms with van der Waals surface area (Å²) in [6, 6.07) is 0.391. The van der Waals surface area contributed by atoms with Gasteiger partial charge in [0, 0.05) is 11.4 Å². The molecule has 0 spiro atoms. The number of hydrogen-bond acceptors (Lipinski definition) is 2. The van der Waals surface area contributed by atoms with Crippen LogP contribution in [-0.2, 0) is 0 Å². The first-order valence-electron chi connectivity index (χ1n) is 8.45. The molecule has 0 aromatic carbocycles. The fraction of sp³-hybridized carbons (Fsp3) is 1.00. The Morgan fingerprint density at radius 2 is 1.48 bits per heavy atom. The Balaban J connectivity index is 0. The summed E-state index contributed by atoms with van der Waals surface area (Å²) in [7, 11) is 4.15. The zero-order chi connectivity index (χ0) is 15.4. The highest BCUT2D eigenvalue weighted by atomic mass is 35.5. The van der Waals surface area contributed by atoms with Gasteiger partial charge in [-0.05, 0) is 40.3 Å². The van der Waals surface area contributed by atoms with Crippen molar-refractivity contribution < 1.29 is 5.11 Å². The average Bonchev–Trinajstić information content (AvgIpc) is 2.36. The first-order valence-corrected chi connectivity index (χ1v) is 8.89. The summed E-state index contributed by atoms with van der Waals surface area (Å²) in [5.41, 5.74) is 0. The minimum absolute atomic E-state index is 0. The van der Waals surface area contributed by atoms with Crippen LogP contribution in [0.25, 0.3) is 0 Å². The number of unbranched alkanes of at least 4 members (excludes halogenated alkanes) is 6. The van der Waals surface area contributed by atoms with Crippen LogP contribution in [-0.4, -0.2) is 41.6 Å². The topological polar surface area (TPSA) is 23.5 Å². The number of aliphatic hydroxyl groups is 1. The molecule has 0 rings (SSSR count). The van der Waals surface area contributed by atoms with Gasteiger partial charge in [0.25, 0.3) is 0 Å². The van der Waals surface area contributed by atoms with Crippen molar-refractivity contribution in [1.29, 1.82) is 0 Å². The number of hydrogen-bond donors (Lipinski definition) is 1. The van der Waals surface area contributed by atoms with Crippen LogP contribution in [0.5, 0.6) is 0 Å². The lowest BCUT2D eigenvalue weighted by Gasteiger charge is -2.27. The first-order chi connectivity index (χ1) is 9.47. The summed E-state index contributed by atoms with van der Waals surface area (Å²) in [6.45, 7) is 4.11. The Bertz CT molecular complexity index is 213. The maximum atomic E-state index is 9.53. The summed E-state index contributed by atoms with van der Waals surface area (Å²) in [5, 5.41) is 9.78. The molecule has 2 nitrogen and oxygen atoms in total. The molecule has 3 unspecified atom stereocenters. The van der Waals surface area contributed by atoms with Gasteiger partial charge in [-0.15, -0.1) is 24.0 Å². The maximum Gasteiger partial charge on any atom is 0.0527 e. The molecule has 0 saturated heterocycles. The van der Waals surface area contributed by atoms with Gasteiger partial charge in [0.15, 0.2) is 0 Å². The predicted molar refractivity (Wildman–Crippen MR) is 97.9 cm³/mol. The normalized spacial score (nSPS) is 15.6. The van der Waals surface area contributed by atoms with E-state index in [1.54, 1.807) is 0 Å². The van der Waals surface area contributed by atoms with Crippen LogP contribution in [0.1, 0.15) is 78.1 Å². The van der Waals surface area contributed by atoms with E-state index in [1.807, 2.05) is 6.92 Å². The molecule has 0 fully saturated rings. The Hall–Kier alpha value is 0.500. The first kappa shape index (κ1) is 23.8. The molecule has 0 heterocycles. The van der Waals surface area contributed by atoms with Crippen LogP contribution in [0, 0.1) is 0 Å². The lowest BCUT2D eigenvalue weighted by Crippen LogP contribution is -2.33. The lowest BCUT2D eigenvalue weighted by atomic mass is 10.00. The van der Waals surface area contributed by atoms with Crippen LogP contribution in [0.2, 0.25) is 0 Å². The molecule has 0 aliphatic carbocycles. The molecular formula is C17H37Cl2NO. The van der Waals surface area contributed by atoms with Gasteiger partial charge in [-0.3, -0.25) is 0 Å². The van der Waals surface area contributed by atoms with Crippen molar-refractivity contribution in [3.8, 4) is 0 Å². The second-order valence-electron chi connectivity index (χ2n) is 6.45. The van der Waals surface area contributed by atoms with Crippen LogP contribution in [0.15, 0.2) is 0 Å². The largest absolute Gasteiger partial charge is 0.393 e. The van der Waals surface area contributed by atoms with E-state index < -0.39 is 0 Å². The van der Waals surface area contributed by atoms with E-state index in [2.05, 4.69) is 25.9 Å². The Morgan fingerprint density at radius 1 is 0.952 bits per heavy atom. The second-order valence-corrected chi connectivity index (χ2v) is 7.06. The van der Waals surface area contributed by atoms with Gasteiger partial charge in [0.05, 0.1) is 6.10 Å². The molecule has 3 atom stereocenters. The van der Waals surface area contributed by atoms with Crippen LogP contribution in [0.3, 0.4) is 0 Å². The van der Waals surface area contributed by atoms with Crippen molar-refractivity contribution in [1.82, 2.24) is 4.90 Å². The molecule has 0 aromatic heterocycles. The predicted octanol–water partition coefficient (Wildman–Crippen LogP) is 5.25. The van der Waals surface area contributed by atoms with Gasteiger partial charge < -0.3 is 10.0 Å². The van der Waals surface area contributed by atoms with Gasteiger partial charge in [-0.2, -0.15) is 0 Å². The van der Waals surface area contributed by atoms with Crippen molar-refractivity contribution in [3.05, 3.63) is 0 Å². The third-order valence-corrected chi connectivity index (χ3v) is 4.39. The highest BCUT2D eigenvalue weighted by Crippen LogP contribution is 2.20. The summed E-state index contributed by atoms with van der Waals surface area (Å²) in [5.74, 6) is 0. The molecule has 21 heavy (non-hydrogen) atoms. The zero-order valence-corrected chi connectivity index (χ0v) is 16.1. The van der Waals surface area contributed by atoms with E-state index >= 15 is 0 Å². The molecule has 0 saturated carbocycles. The summed E-state index contributed by atoms with van der Waals surface area (Å²) in [6.07, 6.45) is 12.0. The number of halogens is 2. The minimum atomic E-state index is -0.246. The van der Waals surface area contributed by atoms with E-state index in [0.29, 0.717) is 6.04 Å². The molecular weight excluding hydrogens is 305 g/mol. The van der Waals surface area contributed by atoms with Crippen LogP contribution in [0.4, 0.5) is 0 Å². The highest BCUT2D eigenvalue weighted by Gasteiger charge is 2.18. The third kappa shape index (κ3) is 15.2. The second kappa shape index (κ2) is 15.4. The number of alkyl halides is 1. The molecule has 0 aliphatic heterocycles. The third-order valence-electron chi connectivity index (χ3n) is 3.99. The summed E-state index contributed by atoms with van der Waals surface area (Å²) >= 11 is 6.46. The number of nitrogens with zero attached hydrogens (tertiary/aromatic N) is 1. The van der Waals surface area contributed by atoms with Crippen LogP contribution >= 0.6 is 24.0 Å². The van der Waals surface area contributed by atoms with E-state index in [4.69, 9.17) is 11.6 Å². The van der Waals surface area contributed by atoms with E-state index in [0.717, 1.165) is 19.3 Å². The monoisotopic (exact) mass is 341 g/mol. The molecule has 0 radical (unpaired) electrons. The van der Waals surface area contributed by atoms with Gasteiger partial charge in [0.2, 0.25) is 0 Å². The molecule has 0 aliphatic rings. The van der Waals surface area contributed by atoms with Crippen molar-refractivity contribution >= 4 is 24.0 Å². The zero-order valence-electron chi connectivity index (χ0n) is 14.5. The van der Waals surface area contributed by atoms with Gasteiger partial charge in [-0.25, -0.2) is 0 Å². The summed E-state index contributed by atoms with van der Waals surface area (Å²) < 4.78 is 0. The van der Waals surface area contributed by atoms with Crippen molar-refractivity contribution in [2.45, 2.75) is 95.6 Å². The Morgan fingerprint density at radius 3 is 1.95 bits per heavy atom. The average molecular weight is 342 g/mol. The lowest BCUT2D eigenvalue weighted by molar-refractivity contribution is 0.133. The summed E-state index contributed by atoms with van der Waals surface area (Å²) in [4.78, 5) is 2.19. The van der Waals surface area contributed by atoms with Gasteiger partial charge in [0.1, 0.15) is 0 Å². The maximum absolute atomic E-state index is 9.53. The fourth-order valence-electron chi connectivity index (χ4n) is 2.65. The van der Waals surface area contributed by atoms with E-state index in [9.17, 15) is 5.11 Å². The molecule has 0 bridgehead atoms. The fourth-order valence-corrected chi connectivity index (χ4v) is 3.01. The molecule has 1 N–H and O–H groups in total. The van der Waals surface area contributed by atoms with E-state index in [1.165, 1.54) is 44.9 Å². The van der Waals surface area contributed by atoms with E-state index in [-0.39, 0.29) is 23.9 Å². The van der Waals surface area contributed by atoms with Crippen molar-refractivity contribution in [2.75, 3.05) is 14.1 Å². The number of aliphatic hydroxyl groups excluding tert-OH is 1. The SMILES string of the molecule is CCCCCCCCCC(Cl)CC(CC(C)O)N(C)C.Cl. The van der Waals surface area contributed by atoms with Crippen LogP contribution < -0.4 is 0 Å². The highest BCUT2D eigenvalue weighted by molar-refractivity contribution is 6.20. The standard InChI is InChI=1S/C17H36ClNO.ClH/c1-5-6-7-8-9-10-11-12-16(18)14-17(19(3)4)13-15(2)20;/h15-17,20H,5-14H2,1-4H3;1H. The van der Waals surface area contributed by atoms with Gasteiger partial charge in [-0.1, -0.05) is 51.9 Å². The quantitative estimate of drug-likeness (QED) is 0.365. The smallest absolute Gasteiger partial charge is 0.0527 e. The minimum Gasteiger partial charge on any atom is -0.393 e. The number of rotatable bonds is 13. The van der Waals surface area contributed by atoms with Crippen molar-refractivity contribution in [3.63, 3.8) is 0 Å². The molecule has 0 aromatic rings. The molecule has 4 heteroatoms.